The van der Waals surface area contributed by atoms with E-state index in [4.69, 9.17) is 23.2 Å². The largest absolute Gasteiger partial charge is 0.471 e. The molecule has 2 aromatic rings. The lowest BCUT2D eigenvalue weighted by Gasteiger charge is -2.10. The molecule has 0 aliphatic heterocycles. The molecular formula is C16H11Cl2F3N2O2. The van der Waals surface area contributed by atoms with Crippen LogP contribution in [0.3, 0.4) is 0 Å². The molecule has 0 unspecified atom stereocenters. The maximum atomic E-state index is 12.2. The fourth-order valence-electron chi connectivity index (χ4n) is 1.88. The van der Waals surface area contributed by atoms with E-state index in [2.05, 4.69) is 5.32 Å². The number of carbonyl (C=O) groups excluding carboxylic acids is 2. The van der Waals surface area contributed by atoms with Gasteiger partial charge >= 0.3 is 12.1 Å². The number of benzene rings is 2. The molecule has 2 rings (SSSR count). The molecule has 0 saturated carbocycles. The molecule has 25 heavy (non-hydrogen) atoms. The van der Waals surface area contributed by atoms with Gasteiger partial charge in [0.15, 0.2) is 0 Å². The molecule has 0 heterocycles. The summed E-state index contributed by atoms with van der Waals surface area (Å²) in [5, 5.41) is 4.88. The monoisotopic (exact) mass is 390 g/mol. The van der Waals surface area contributed by atoms with Gasteiger partial charge in [-0.05, 0) is 35.9 Å². The Morgan fingerprint density at radius 1 is 1.00 bits per heavy atom. The second-order valence-electron chi connectivity index (χ2n) is 4.96. The molecule has 0 radical (unpaired) electrons. The Morgan fingerprint density at radius 3 is 2.36 bits per heavy atom. The average Bonchev–Trinajstić information content (AvgIpc) is 2.54. The molecule has 0 atom stereocenters. The summed E-state index contributed by atoms with van der Waals surface area (Å²) < 4.78 is 36.7. The van der Waals surface area contributed by atoms with E-state index in [1.165, 1.54) is 36.4 Å². The van der Waals surface area contributed by atoms with Crippen LogP contribution in [0, 0.1) is 0 Å². The van der Waals surface area contributed by atoms with Crippen molar-refractivity contribution in [2.75, 3.05) is 5.32 Å². The van der Waals surface area contributed by atoms with Gasteiger partial charge in [-0.2, -0.15) is 13.2 Å². The Bertz CT molecular complexity index is 810. The number of hydrogen-bond acceptors (Lipinski definition) is 2. The van der Waals surface area contributed by atoms with Crippen molar-refractivity contribution in [3.63, 3.8) is 0 Å². The van der Waals surface area contributed by atoms with Crippen LogP contribution in [-0.2, 0) is 11.3 Å². The summed E-state index contributed by atoms with van der Waals surface area (Å²) >= 11 is 11.6. The van der Waals surface area contributed by atoms with Gasteiger partial charge < -0.3 is 10.6 Å². The first-order valence-corrected chi connectivity index (χ1v) is 7.63. The Hall–Kier alpha value is -2.25. The molecule has 9 heteroatoms. The Balaban J connectivity index is 2.01. The minimum absolute atomic E-state index is 0.0244. The third kappa shape index (κ3) is 5.37. The van der Waals surface area contributed by atoms with Crippen molar-refractivity contribution >= 4 is 40.7 Å². The third-order valence-electron chi connectivity index (χ3n) is 3.08. The Labute approximate surface area is 150 Å². The summed E-state index contributed by atoms with van der Waals surface area (Å²) in [7, 11) is 0. The molecule has 0 fully saturated rings. The van der Waals surface area contributed by atoms with E-state index in [1.807, 2.05) is 0 Å². The standard InChI is InChI=1S/C16H11Cl2F3N2O2/c17-12-5-4-10(7-13(12)18)14(24)22-8-9-2-1-3-11(6-9)23-15(25)16(19,20)21/h1-7H,8H2,(H,22,24)(H,23,25). The quantitative estimate of drug-likeness (QED) is 0.811. The van der Waals surface area contributed by atoms with Gasteiger partial charge in [0.2, 0.25) is 0 Å². The summed E-state index contributed by atoms with van der Waals surface area (Å²) in [6.07, 6.45) is -4.97. The molecule has 132 valence electrons. The molecular weight excluding hydrogens is 380 g/mol. The molecule has 0 aromatic heterocycles. The van der Waals surface area contributed by atoms with Gasteiger partial charge in [0, 0.05) is 17.8 Å². The molecule has 0 saturated heterocycles. The highest BCUT2D eigenvalue weighted by Crippen LogP contribution is 2.23. The maximum absolute atomic E-state index is 12.2. The molecule has 2 aromatic carbocycles. The van der Waals surface area contributed by atoms with Crippen LogP contribution in [-0.4, -0.2) is 18.0 Å². The fraction of sp³-hybridized carbons (Fsp3) is 0.125. The first kappa shape index (κ1) is 19.1. The molecule has 0 bridgehead atoms. The summed E-state index contributed by atoms with van der Waals surface area (Å²) in [6, 6.07) is 10.1. The maximum Gasteiger partial charge on any atom is 0.471 e. The van der Waals surface area contributed by atoms with E-state index in [9.17, 15) is 22.8 Å². The number of nitrogens with one attached hydrogen (secondary N) is 2. The third-order valence-corrected chi connectivity index (χ3v) is 3.82. The number of amides is 2. The second kappa shape index (κ2) is 7.76. The number of hydrogen-bond donors (Lipinski definition) is 2. The van der Waals surface area contributed by atoms with Crippen molar-refractivity contribution in [1.82, 2.24) is 5.32 Å². The lowest BCUT2D eigenvalue weighted by atomic mass is 10.1. The zero-order valence-electron chi connectivity index (χ0n) is 12.5. The van der Waals surface area contributed by atoms with E-state index < -0.39 is 18.0 Å². The van der Waals surface area contributed by atoms with Gasteiger partial charge in [0.1, 0.15) is 0 Å². The number of anilines is 1. The van der Waals surface area contributed by atoms with Crippen molar-refractivity contribution in [3.8, 4) is 0 Å². The average molecular weight is 391 g/mol. The van der Waals surface area contributed by atoms with Crippen molar-refractivity contribution < 1.29 is 22.8 Å². The minimum Gasteiger partial charge on any atom is -0.348 e. The molecule has 2 amide bonds. The number of halogens is 5. The van der Waals surface area contributed by atoms with Gasteiger partial charge in [0.05, 0.1) is 10.0 Å². The summed E-state index contributed by atoms with van der Waals surface area (Å²) in [5.41, 5.74) is 0.771. The van der Waals surface area contributed by atoms with Crippen LogP contribution < -0.4 is 10.6 Å². The zero-order valence-corrected chi connectivity index (χ0v) is 14.0. The minimum atomic E-state index is -4.97. The van der Waals surface area contributed by atoms with Crippen molar-refractivity contribution in [1.29, 1.82) is 0 Å². The number of carbonyl (C=O) groups is 2. The summed E-state index contributed by atoms with van der Waals surface area (Å²) in [5.74, 6) is -2.49. The highest BCUT2D eigenvalue weighted by Gasteiger charge is 2.38. The van der Waals surface area contributed by atoms with Gasteiger partial charge in [-0.1, -0.05) is 35.3 Å². The van der Waals surface area contributed by atoms with Crippen LogP contribution in [0.5, 0.6) is 0 Å². The van der Waals surface area contributed by atoms with E-state index >= 15 is 0 Å². The van der Waals surface area contributed by atoms with Crippen LogP contribution in [0.2, 0.25) is 10.0 Å². The smallest absolute Gasteiger partial charge is 0.348 e. The Morgan fingerprint density at radius 2 is 1.72 bits per heavy atom. The molecule has 2 N–H and O–H groups in total. The molecule has 0 aliphatic carbocycles. The lowest BCUT2D eigenvalue weighted by molar-refractivity contribution is -0.167. The van der Waals surface area contributed by atoms with Crippen LogP contribution in [0.15, 0.2) is 42.5 Å². The first-order chi connectivity index (χ1) is 11.7. The predicted octanol–water partition coefficient (Wildman–Crippen LogP) is 4.42. The SMILES string of the molecule is O=C(NCc1cccc(NC(=O)C(F)(F)F)c1)c1ccc(Cl)c(Cl)c1. The number of alkyl halides is 3. The lowest BCUT2D eigenvalue weighted by Crippen LogP contribution is -2.30. The van der Waals surface area contributed by atoms with Crippen molar-refractivity contribution in [2.45, 2.75) is 12.7 Å². The van der Waals surface area contributed by atoms with E-state index in [0.29, 0.717) is 10.6 Å². The van der Waals surface area contributed by atoms with Crippen LogP contribution in [0.25, 0.3) is 0 Å². The molecule has 0 aliphatic rings. The zero-order chi connectivity index (χ0) is 18.6. The molecule has 0 spiro atoms. The van der Waals surface area contributed by atoms with Crippen molar-refractivity contribution in [2.24, 2.45) is 0 Å². The van der Waals surface area contributed by atoms with E-state index in [0.717, 1.165) is 0 Å². The topological polar surface area (TPSA) is 58.2 Å². The second-order valence-corrected chi connectivity index (χ2v) is 5.78. The van der Waals surface area contributed by atoms with Crippen LogP contribution in [0.4, 0.5) is 18.9 Å². The highest BCUT2D eigenvalue weighted by molar-refractivity contribution is 6.42. The van der Waals surface area contributed by atoms with E-state index in [-0.39, 0.29) is 22.8 Å². The molecule has 4 nitrogen and oxygen atoms in total. The predicted molar refractivity (Wildman–Crippen MR) is 88.8 cm³/mol. The fourth-order valence-corrected chi connectivity index (χ4v) is 2.18. The van der Waals surface area contributed by atoms with Crippen molar-refractivity contribution in [3.05, 3.63) is 63.6 Å². The first-order valence-electron chi connectivity index (χ1n) is 6.87. The normalized spacial score (nSPS) is 11.1. The van der Waals surface area contributed by atoms with Gasteiger partial charge in [0.25, 0.3) is 5.91 Å². The highest BCUT2D eigenvalue weighted by atomic mass is 35.5. The van der Waals surface area contributed by atoms with E-state index in [1.54, 1.807) is 11.4 Å². The van der Waals surface area contributed by atoms with Crippen LogP contribution in [0.1, 0.15) is 15.9 Å². The summed E-state index contributed by atoms with van der Waals surface area (Å²) in [4.78, 5) is 23.0. The van der Waals surface area contributed by atoms with Crippen LogP contribution >= 0.6 is 23.2 Å². The number of rotatable bonds is 4. The Kier molecular flexibility index (Phi) is 5.92. The van der Waals surface area contributed by atoms with Gasteiger partial charge in [-0.3, -0.25) is 9.59 Å². The van der Waals surface area contributed by atoms with Gasteiger partial charge in [-0.25, -0.2) is 0 Å². The summed E-state index contributed by atoms with van der Waals surface area (Å²) in [6.45, 7) is 0.0504. The van der Waals surface area contributed by atoms with Gasteiger partial charge in [-0.15, -0.1) is 0 Å².